The van der Waals surface area contributed by atoms with Crippen molar-refractivity contribution in [2.24, 2.45) is 0 Å². The number of nitrogens with zero attached hydrogens (tertiary/aromatic N) is 3. The maximum Gasteiger partial charge on any atom is 0.351 e. The fraction of sp³-hybridized carbons (Fsp3) is 0.871. The molecule has 1 radical (unpaired) electrons. The van der Waals surface area contributed by atoms with Gasteiger partial charge in [0.1, 0.15) is 18.1 Å². The first kappa shape index (κ1) is 34.7. The Morgan fingerprint density at radius 1 is 0.907 bits per heavy atom. The van der Waals surface area contributed by atoms with Gasteiger partial charge in [0, 0.05) is 35.3 Å². The number of fused-ring (bicyclic) bond motifs is 1. The van der Waals surface area contributed by atoms with E-state index in [-0.39, 0.29) is 46.1 Å². The van der Waals surface area contributed by atoms with E-state index < -0.39 is 34.4 Å². The minimum absolute atomic E-state index is 0.0248. The molecule has 0 spiro atoms. The number of aromatic nitrogens is 2. The Balaban J connectivity index is 1.61. The normalized spacial score (nSPS) is 29.2. The number of anilines is 1. The SMILES string of the molecule is Cc1cn([C@H]2C[C@@H]3O[Si](C(C)C)(C(C)C)O[Si](C(C)C)(C(C)C)OC[C@H]3O2)c(=O)nc1NC1CC(C)(C)N([O])C(C)(C)C1. The van der Waals surface area contributed by atoms with Gasteiger partial charge in [0.25, 0.3) is 0 Å². The van der Waals surface area contributed by atoms with Gasteiger partial charge < -0.3 is 23.0 Å². The van der Waals surface area contributed by atoms with Crippen LogP contribution in [0.4, 0.5) is 5.82 Å². The first-order valence-electron chi connectivity index (χ1n) is 16.3. The van der Waals surface area contributed by atoms with E-state index in [9.17, 15) is 10.0 Å². The predicted octanol–water partition coefficient (Wildman–Crippen LogP) is 6.57. The van der Waals surface area contributed by atoms with Crippen molar-refractivity contribution in [2.75, 3.05) is 11.9 Å². The van der Waals surface area contributed by atoms with Crippen LogP contribution in [0.1, 0.15) is 114 Å². The molecular weight excluding hydrogens is 581 g/mol. The van der Waals surface area contributed by atoms with Crippen LogP contribution in [0.3, 0.4) is 0 Å². The maximum absolute atomic E-state index is 13.5. The topological polar surface area (TPSA) is 107 Å². The summed E-state index contributed by atoms with van der Waals surface area (Å²) >= 11 is 0. The lowest BCUT2D eigenvalue weighted by atomic mass is 9.79. The minimum Gasteiger partial charge on any atom is -0.414 e. The molecule has 10 nitrogen and oxygen atoms in total. The van der Waals surface area contributed by atoms with Crippen molar-refractivity contribution in [3.63, 3.8) is 0 Å². The average Bonchev–Trinajstić information content (AvgIpc) is 3.25. The van der Waals surface area contributed by atoms with E-state index in [0.717, 1.165) is 5.56 Å². The Bertz CT molecular complexity index is 1170. The Morgan fingerprint density at radius 2 is 1.44 bits per heavy atom. The standard InChI is InChI=1S/C31H57N4O6Si2/c1-19(2)42(20(3)4)38-18-26-25(40-43(41-42,21(5)6)22(7)8)14-27(39-26)34-17-23(9)28(33-29(34)36)32-24-15-30(10,11)35(37)31(12,13)16-24/h17,19-22,24-27H,14-16,18H2,1-13H3,(H,32,33,36)/t25-,26+,27+/m0/s1. The number of nitrogens with one attached hydrogen (secondary N) is 1. The molecule has 12 heteroatoms. The number of hydrogen-bond acceptors (Lipinski definition) is 8. The Labute approximate surface area is 261 Å². The van der Waals surface area contributed by atoms with Gasteiger partial charge in [-0.1, -0.05) is 55.4 Å². The van der Waals surface area contributed by atoms with E-state index in [1.165, 1.54) is 5.06 Å². The monoisotopic (exact) mass is 637 g/mol. The fourth-order valence-electron chi connectivity index (χ4n) is 7.78. The molecule has 0 bridgehead atoms. The van der Waals surface area contributed by atoms with Crippen LogP contribution in [0, 0.1) is 6.92 Å². The van der Waals surface area contributed by atoms with Crippen LogP contribution in [0.2, 0.25) is 22.2 Å². The van der Waals surface area contributed by atoms with Crippen LogP contribution in [-0.2, 0) is 22.9 Å². The highest BCUT2D eigenvalue weighted by molar-refractivity contribution is 6.83. The van der Waals surface area contributed by atoms with Gasteiger partial charge in [-0.05, 0) is 69.6 Å². The van der Waals surface area contributed by atoms with Gasteiger partial charge in [0.2, 0.25) is 0 Å². The van der Waals surface area contributed by atoms with Crippen LogP contribution in [0.5, 0.6) is 0 Å². The molecule has 3 fully saturated rings. The van der Waals surface area contributed by atoms with Gasteiger partial charge in [0.15, 0.2) is 0 Å². The van der Waals surface area contributed by atoms with Gasteiger partial charge in [-0.3, -0.25) is 4.57 Å². The zero-order valence-corrected chi connectivity index (χ0v) is 30.8. The van der Waals surface area contributed by atoms with Crippen LogP contribution < -0.4 is 11.0 Å². The van der Waals surface area contributed by atoms with E-state index in [4.69, 9.17) is 17.7 Å². The van der Waals surface area contributed by atoms with Gasteiger partial charge in [-0.25, -0.2) is 4.79 Å². The summed E-state index contributed by atoms with van der Waals surface area (Å²) in [6, 6.07) is 0.0248. The second-order valence-electron chi connectivity index (χ2n) is 15.6. The summed E-state index contributed by atoms with van der Waals surface area (Å²) in [5.41, 5.74) is 0.394. The van der Waals surface area contributed by atoms with Crippen LogP contribution >= 0.6 is 0 Å². The summed E-state index contributed by atoms with van der Waals surface area (Å²) in [4.78, 5) is 18.0. The molecule has 3 atom stereocenters. The number of ether oxygens (including phenoxy) is 1. The van der Waals surface area contributed by atoms with Gasteiger partial charge in [-0.2, -0.15) is 4.98 Å². The zero-order valence-electron chi connectivity index (χ0n) is 28.8. The molecule has 1 aromatic heterocycles. The molecule has 1 N–H and O–H groups in total. The van der Waals surface area contributed by atoms with Gasteiger partial charge in [-0.15, -0.1) is 10.3 Å². The van der Waals surface area contributed by atoms with Crippen molar-refractivity contribution < 1.29 is 22.9 Å². The third kappa shape index (κ3) is 6.45. The van der Waals surface area contributed by atoms with E-state index in [0.29, 0.717) is 31.7 Å². The Kier molecular flexibility index (Phi) is 9.89. The molecule has 245 valence electrons. The van der Waals surface area contributed by atoms with Crippen LogP contribution in [0.15, 0.2) is 11.0 Å². The quantitative estimate of drug-likeness (QED) is 0.335. The van der Waals surface area contributed by atoms with E-state index in [1.807, 2.05) is 40.8 Å². The number of rotatable bonds is 7. The van der Waals surface area contributed by atoms with Gasteiger partial charge in [0.05, 0.1) is 12.7 Å². The van der Waals surface area contributed by atoms with Gasteiger partial charge >= 0.3 is 22.8 Å². The van der Waals surface area contributed by atoms with Crippen molar-refractivity contribution in [1.29, 1.82) is 0 Å². The second-order valence-corrected chi connectivity index (χ2v) is 24.5. The third-order valence-corrected chi connectivity index (χ3v) is 20.2. The lowest BCUT2D eigenvalue weighted by molar-refractivity contribution is -0.288. The maximum atomic E-state index is 13.5. The predicted molar refractivity (Wildman–Crippen MR) is 173 cm³/mol. The summed E-state index contributed by atoms with van der Waals surface area (Å²) in [6.45, 7) is 27.9. The molecule has 3 saturated heterocycles. The highest BCUT2D eigenvalue weighted by Crippen LogP contribution is 2.48. The average molecular weight is 638 g/mol. The molecule has 0 amide bonds. The largest absolute Gasteiger partial charge is 0.414 e. The summed E-state index contributed by atoms with van der Waals surface area (Å²) in [5, 5.41) is 17.5. The number of hydroxylamine groups is 2. The second kappa shape index (κ2) is 12.2. The van der Waals surface area contributed by atoms with Crippen molar-refractivity contribution in [1.82, 2.24) is 14.6 Å². The highest BCUT2D eigenvalue weighted by atomic mass is 28.5. The molecule has 0 aromatic carbocycles. The van der Waals surface area contributed by atoms with E-state index in [1.54, 1.807) is 4.57 Å². The van der Waals surface area contributed by atoms with Crippen molar-refractivity contribution >= 4 is 22.9 Å². The smallest absolute Gasteiger partial charge is 0.351 e. The first-order valence-corrected chi connectivity index (χ1v) is 20.2. The van der Waals surface area contributed by atoms with Crippen molar-refractivity contribution in [2.45, 2.75) is 167 Å². The zero-order chi connectivity index (χ0) is 32.3. The third-order valence-electron chi connectivity index (χ3n) is 9.90. The molecule has 0 unspecified atom stereocenters. The fourth-order valence-corrected chi connectivity index (χ4v) is 19.0. The molecular formula is C31H57N4O6Si2. The number of hydrogen-bond donors (Lipinski definition) is 1. The van der Waals surface area contributed by atoms with Crippen LogP contribution in [-0.4, -0.2) is 67.7 Å². The lowest BCUT2D eigenvalue weighted by Crippen LogP contribution is -2.65. The lowest BCUT2D eigenvalue weighted by Gasteiger charge is -2.51. The van der Waals surface area contributed by atoms with Crippen molar-refractivity contribution in [3.05, 3.63) is 22.2 Å². The van der Waals surface area contributed by atoms with E-state index in [2.05, 4.69) is 65.7 Å². The summed E-state index contributed by atoms with van der Waals surface area (Å²) in [6.07, 6.45) is 2.65. The van der Waals surface area contributed by atoms with Crippen molar-refractivity contribution in [3.8, 4) is 0 Å². The highest BCUT2D eigenvalue weighted by Gasteiger charge is 2.60. The molecule has 1 aromatic rings. The van der Waals surface area contributed by atoms with E-state index >= 15 is 0 Å². The van der Waals surface area contributed by atoms with Crippen LogP contribution in [0.25, 0.3) is 0 Å². The summed E-state index contributed by atoms with van der Waals surface area (Å²) in [5.74, 6) is 0.560. The summed E-state index contributed by atoms with van der Waals surface area (Å²) in [7, 11) is -5.44. The summed E-state index contributed by atoms with van der Waals surface area (Å²) < 4.78 is 29.5. The molecule has 43 heavy (non-hydrogen) atoms. The number of aryl methyl sites for hydroxylation is 1. The molecule has 3 aliphatic rings. The Hall–Kier alpha value is -1.13. The minimum atomic E-state index is -2.77. The molecule has 4 heterocycles. The molecule has 0 saturated carbocycles. The molecule has 4 rings (SSSR count). The number of piperidine rings is 1. The first-order chi connectivity index (χ1) is 19.8. The Morgan fingerprint density at radius 3 is 1.95 bits per heavy atom. The molecule has 0 aliphatic carbocycles. The molecule has 3 aliphatic heterocycles.